The van der Waals surface area contributed by atoms with E-state index in [4.69, 9.17) is 4.74 Å². The molecule has 2 nitrogen and oxygen atoms in total. The Hall–Kier alpha value is -1.02. The van der Waals surface area contributed by atoms with Gasteiger partial charge in [-0.3, -0.25) is 0 Å². The van der Waals surface area contributed by atoms with Crippen LogP contribution in [0.15, 0.2) is 24.3 Å². The number of benzene rings is 1. The predicted octanol–water partition coefficient (Wildman–Crippen LogP) is 4.56. The van der Waals surface area contributed by atoms with Crippen LogP contribution in [0.2, 0.25) is 0 Å². The van der Waals surface area contributed by atoms with E-state index in [1.807, 2.05) is 6.07 Å². The largest absolute Gasteiger partial charge is 0.496 e. The highest BCUT2D eigenvalue weighted by molar-refractivity contribution is 5.35. The van der Waals surface area contributed by atoms with Gasteiger partial charge in [0.1, 0.15) is 5.75 Å². The van der Waals surface area contributed by atoms with Crippen molar-refractivity contribution in [3.63, 3.8) is 0 Å². The van der Waals surface area contributed by atoms with Crippen molar-refractivity contribution in [2.75, 3.05) is 13.7 Å². The lowest BCUT2D eigenvalue weighted by Gasteiger charge is -2.31. The quantitative estimate of drug-likeness (QED) is 0.821. The monoisotopic (exact) mass is 275 g/mol. The molecule has 20 heavy (non-hydrogen) atoms. The Morgan fingerprint density at radius 1 is 1.25 bits per heavy atom. The van der Waals surface area contributed by atoms with Crippen molar-refractivity contribution in [2.24, 2.45) is 11.8 Å². The predicted molar refractivity (Wildman–Crippen MR) is 85.2 cm³/mol. The van der Waals surface area contributed by atoms with Gasteiger partial charge in [0.15, 0.2) is 0 Å². The summed E-state index contributed by atoms with van der Waals surface area (Å²) in [5.74, 6) is 2.71. The summed E-state index contributed by atoms with van der Waals surface area (Å²) in [6, 6.07) is 8.79. The van der Waals surface area contributed by atoms with Crippen LogP contribution in [0.4, 0.5) is 0 Å². The van der Waals surface area contributed by atoms with Crippen LogP contribution >= 0.6 is 0 Å². The molecule has 0 aliphatic heterocycles. The van der Waals surface area contributed by atoms with Gasteiger partial charge in [0.05, 0.1) is 7.11 Å². The molecule has 112 valence electrons. The van der Waals surface area contributed by atoms with Crippen LogP contribution in [0.25, 0.3) is 0 Å². The summed E-state index contributed by atoms with van der Waals surface area (Å²) in [6.45, 7) is 5.79. The fourth-order valence-corrected chi connectivity index (χ4v) is 3.42. The number of hydrogen-bond donors (Lipinski definition) is 1. The first-order valence-electron chi connectivity index (χ1n) is 8.12. The molecule has 0 spiro atoms. The van der Waals surface area contributed by atoms with E-state index in [0.717, 1.165) is 30.6 Å². The first-order chi connectivity index (χ1) is 9.76. The van der Waals surface area contributed by atoms with Crippen molar-refractivity contribution in [1.29, 1.82) is 0 Å². The molecular weight excluding hydrogens is 246 g/mol. The zero-order valence-corrected chi connectivity index (χ0v) is 13.2. The second kappa shape index (κ2) is 7.68. The standard InChI is InChI=1S/C18H29NO/c1-4-17(16-11-7-8-12-18(16)20-3)19-13-15-10-6-5-9-14(15)2/h7-8,11-12,14-15,17,19H,4-6,9-10,13H2,1-3H3. The van der Waals surface area contributed by atoms with Gasteiger partial charge in [-0.25, -0.2) is 0 Å². The maximum Gasteiger partial charge on any atom is 0.123 e. The number of methoxy groups -OCH3 is 1. The fraction of sp³-hybridized carbons (Fsp3) is 0.667. The zero-order chi connectivity index (χ0) is 14.4. The molecule has 0 amide bonds. The molecule has 3 atom stereocenters. The van der Waals surface area contributed by atoms with Crippen LogP contribution in [0.3, 0.4) is 0 Å². The molecule has 1 aromatic carbocycles. The molecule has 0 heterocycles. The number of rotatable bonds is 6. The highest BCUT2D eigenvalue weighted by atomic mass is 16.5. The average molecular weight is 275 g/mol. The molecule has 2 rings (SSSR count). The Kier molecular flexibility index (Phi) is 5.90. The normalized spacial score (nSPS) is 24.4. The van der Waals surface area contributed by atoms with E-state index in [1.54, 1.807) is 7.11 Å². The van der Waals surface area contributed by atoms with E-state index in [2.05, 4.69) is 37.4 Å². The number of ether oxygens (including phenoxy) is 1. The van der Waals surface area contributed by atoms with Crippen LogP contribution in [0.5, 0.6) is 5.75 Å². The van der Waals surface area contributed by atoms with Crippen molar-refractivity contribution in [3.8, 4) is 5.75 Å². The Morgan fingerprint density at radius 2 is 2.00 bits per heavy atom. The topological polar surface area (TPSA) is 21.3 Å². The summed E-state index contributed by atoms with van der Waals surface area (Å²) in [5, 5.41) is 3.78. The maximum absolute atomic E-state index is 5.50. The zero-order valence-electron chi connectivity index (χ0n) is 13.2. The highest BCUT2D eigenvalue weighted by Crippen LogP contribution is 2.31. The summed E-state index contributed by atoms with van der Waals surface area (Å²) in [6.07, 6.45) is 6.71. The van der Waals surface area contributed by atoms with Gasteiger partial charge in [0.25, 0.3) is 0 Å². The van der Waals surface area contributed by atoms with Gasteiger partial charge in [-0.05, 0) is 37.3 Å². The minimum Gasteiger partial charge on any atom is -0.496 e. The molecule has 1 aliphatic carbocycles. The maximum atomic E-state index is 5.50. The Labute approximate surface area is 123 Å². The molecule has 3 unspecified atom stereocenters. The third-order valence-electron chi connectivity index (χ3n) is 4.84. The van der Waals surface area contributed by atoms with Crippen LogP contribution in [-0.2, 0) is 0 Å². The minimum absolute atomic E-state index is 0.403. The molecule has 1 N–H and O–H groups in total. The minimum atomic E-state index is 0.403. The third kappa shape index (κ3) is 3.76. The van der Waals surface area contributed by atoms with Crippen LogP contribution in [0, 0.1) is 11.8 Å². The van der Waals surface area contributed by atoms with E-state index >= 15 is 0 Å². The summed E-state index contributed by atoms with van der Waals surface area (Å²) < 4.78 is 5.50. The van der Waals surface area contributed by atoms with Gasteiger partial charge in [-0.2, -0.15) is 0 Å². The van der Waals surface area contributed by atoms with E-state index in [-0.39, 0.29) is 0 Å². The van der Waals surface area contributed by atoms with Gasteiger partial charge in [-0.1, -0.05) is 51.3 Å². The van der Waals surface area contributed by atoms with Crippen LogP contribution in [-0.4, -0.2) is 13.7 Å². The number of hydrogen-bond acceptors (Lipinski definition) is 2. The molecule has 0 bridgehead atoms. The molecule has 1 aliphatic rings. The Bertz CT molecular complexity index is 404. The highest BCUT2D eigenvalue weighted by Gasteiger charge is 2.22. The summed E-state index contributed by atoms with van der Waals surface area (Å²) >= 11 is 0. The van der Waals surface area contributed by atoms with Gasteiger partial charge in [0, 0.05) is 11.6 Å². The van der Waals surface area contributed by atoms with Crippen molar-refractivity contribution in [1.82, 2.24) is 5.32 Å². The molecule has 1 fully saturated rings. The lowest BCUT2D eigenvalue weighted by molar-refractivity contribution is 0.239. The second-order valence-corrected chi connectivity index (χ2v) is 6.13. The SMILES string of the molecule is CCC(NCC1CCCCC1C)c1ccccc1OC. The number of para-hydroxylation sites is 1. The Balaban J connectivity index is 1.98. The molecule has 0 saturated heterocycles. The molecule has 2 heteroatoms. The Morgan fingerprint density at radius 3 is 2.70 bits per heavy atom. The van der Waals surface area contributed by atoms with Gasteiger partial charge in [0.2, 0.25) is 0 Å². The van der Waals surface area contributed by atoms with Crippen molar-refractivity contribution < 1.29 is 4.74 Å². The molecule has 0 radical (unpaired) electrons. The van der Waals surface area contributed by atoms with Crippen molar-refractivity contribution >= 4 is 0 Å². The molecule has 0 aromatic heterocycles. The van der Waals surface area contributed by atoms with Crippen LogP contribution < -0.4 is 10.1 Å². The first kappa shape index (κ1) is 15.4. The van der Waals surface area contributed by atoms with Crippen molar-refractivity contribution in [3.05, 3.63) is 29.8 Å². The van der Waals surface area contributed by atoms with E-state index in [0.29, 0.717) is 6.04 Å². The lowest BCUT2D eigenvalue weighted by atomic mass is 9.80. The summed E-state index contributed by atoms with van der Waals surface area (Å²) in [7, 11) is 1.76. The average Bonchev–Trinajstić information content (AvgIpc) is 2.50. The van der Waals surface area contributed by atoms with Crippen LogP contribution in [0.1, 0.15) is 57.6 Å². The smallest absolute Gasteiger partial charge is 0.123 e. The van der Waals surface area contributed by atoms with E-state index in [9.17, 15) is 0 Å². The first-order valence-corrected chi connectivity index (χ1v) is 8.12. The van der Waals surface area contributed by atoms with E-state index in [1.165, 1.54) is 31.2 Å². The summed E-state index contributed by atoms with van der Waals surface area (Å²) in [5.41, 5.74) is 1.29. The van der Waals surface area contributed by atoms with Gasteiger partial charge >= 0.3 is 0 Å². The molecule has 1 aromatic rings. The third-order valence-corrected chi connectivity index (χ3v) is 4.84. The fourth-order valence-electron chi connectivity index (χ4n) is 3.42. The van der Waals surface area contributed by atoms with E-state index < -0.39 is 0 Å². The number of nitrogens with one attached hydrogen (secondary N) is 1. The summed E-state index contributed by atoms with van der Waals surface area (Å²) in [4.78, 5) is 0. The van der Waals surface area contributed by atoms with Gasteiger partial charge < -0.3 is 10.1 Å². The molecule has 1 saturated carbocycles. The van der Waals surface area contributed by atoms with Gasteiger partial charge in [-0.15, -0.1) is 0 Å². The molecular formula is C18H29NO. The lowest BCUT2D eigenvalue weighted by Crippen LogP contribution is -2.32. The second-order valence-electron chi connectivity index (χ2n) is 6.13. The van der Waals surface area contributed by atoms with Crippen molar-refractivity contribution in [2.45, 2.75) is 52.0 Å².